The molecule has 1 heterocycles. The normalized spacial score (nSPS) is 17.8. The van der Waals surface area contributed by atoms with Crippen LogP contribution in [0.1, 0.15) is 29.2 Å². The van der Waals surface area contributed by atoms with E-state index in [9.17, 15) is 14.0 Å². The molecule has 0 radical (unpaired) electrons. The van der Waals surface area contributed by atoms with Crippen molar-refractivity contribution in [1.29, 1.82) is 0 Å². The highest BCUT2D eigenvalue weighted by Gasteiger charge is 2.39. The standard InChI is InChI=1S/C26H22ClFN2O3/c27-20-11-9-19(10-12-20)24-23(25(31)33-16-18-4-2-1-3-5-18)22(29-26(32)30-24)15-8-17-6-13-21(28)14-7-17/h1-7,9-14,23-24H,8,15-16H2,(H,30,32). The van der Waals surface area contributed by atoms with Crippen molar-refractivity contribution in [1.82, 2.24) is 5.32 Å². The molecule has 33 heavy (non-hydrogen) atoms. The van der Waals surface area contributed by atoms with Crippen LogP contribution in [-0.2, 0) is 22.6 Å². The van der Waals surface area contributed by atoms with Gasteiger partial charge < -0.3 is 10.1 Å². The highest BCUT2D eigenvalue weighted by molar-refractivity contribution is 6.30. The van der Waals surface area contributed by atoms with E-state index in [0.29, 0.717) is 23.6 Å². The largest absolute Gasteiger partial charge is 0.460 e. The van der Waals surface area contributed by atoms with E-state index in [-0.39, 0.29) is 12.4 Å². The van der Waals surface area contributed by atoms with Gasteiger partial charge in [0.15, 0.2) is 0 Å². The quantitative estimate of drug-likeness (QED) is 0.457. The maximum absolute atomic E-state index is 13.3. The van der Waals surface area contributed by atoms with Gasteiger partial charge in [0.2, 0.25) is 0 Å². The van der Waals surface area contributed by atoms with Crippen LogP contribution in [0.25, 0.3) is 0 Å². The van der Waals surface area contributed by atoms with Crippen molar-refractivity contribution in [2.75, 3.05) is 0 Å². The topological polar surface area (TPSA) is 67.8 Å². The van der Waals surface area contributed by atoms with Crippen LogP contribution in [0.4, 0.5) is 9.18 Å². The number of nitrogens with zero attached hydrogens (tertiary/aromatic N) is 1. The molecular weight excluding hydrogens is 443 g/mol. The van der Waals surface area contributed by atoms with Gasteiger partial charge in [-0.25, -0.2) is 14.2 Å². The number of amides is 2. The van der Waals surface area contributed by atoms with E-state index in [4.69, 9.17) is 16.3 Å². The van der Waals surface area contributed by atoms with Crippen LogP contribution in [0.15, 0.2) is 83.9 Å². The molecule has 7 heteroatoms. The number of urea groups is 1. The van der Waals surface area contributed by atoms with Crippen LogP contribution in [0, 0.1) is 11.7 Å². The molecule has 4 rings (SSSR count). The third-order valence-electron chi connectivity index (χ3n) is 5.51. The third kappa shape index (κ3) is 5.84. The van der Waals surface area contributed by atoms with Crippen LogP contribution in [-0.4, -0.2) is 17.7 Å². The molecule has 0 aromatic heterocycles. The first kappa shape index (κ1) is 22.7. The Bertz CT molecular complexity index is 1150. The number of aliphatic imine (C=N–C) groups is 1. The van der Waals surface area contributed by atoms with E-state index < -0.39 is 24.0 Å². The number of aryl methyl sites for hydroxylation is 1. The lowest BCUT2D eigenvalue weighted by Crippen LogP contribution is -2.45. The van der Waals surface area contributed by atoms with E-state index in [1.165, 1.54) is 12.1 Å². The highest BCUT2D eigenvalue weighted by atomic mass is 35.5. The predicted molar refractivity (Wildman–Crippen MR) is 125 cm³/mol. The summed E-state index contributed by atoms with van der Waals surface area (Å²) in [5.41, 5.74) is 2.90. The monoisotopic (exact) mass is 464 g/mol. The van der Waals surface area contributed by atoms with Gasteiger partial charge in [-0.05, 0) is 53.8 Å². The van der Waals surface area contributed by atoms with Gasteiger partial charge in [-0.1, -0.05) is 66.2 Å². The van der Waals surface area contributed by atoms with Gasteiger partial charge in [-0.3, -0.25) is 4.79 Å². The maximum atomic E-state index is 13.3. The Hall–Kier alpha value is -3.51. The summed E-state index contributed by atoms with van der Waals surface area (Å²) in [6, 6.07) is 21.3. The van der Waals surface area contributed by atoms with Gasteiger partial charge >= 0.3 is 12.0 Å². The molecule has 1 N–H and O–H groups in total. The first-order valence-corrected chi connectivity index (χ1v) is 11.0. The van der Waals surface area contributed by atoms with E-state index in [1.807, 2.05) is 30.3 Å². The van der Waals surface area contributed by atoms with Crippen molar-refractivity contribution in [3.05, 3.63) is 106 Å². The summed E-state index contributed by atoms with van der Waals surface area (Å²) >= 11 is 6.02. The number of ether oxygens (including phenoxy) is 1. The minimum Gasteiger partial charge on any atom is -0.460 e. The zero-order chi connectivity index (χ0) is 23.2. The molecule has 2 unspecified atom stereocenters. The molecule has 0 bridgehead atoms. The molecule has 2 atom stereocenters. The molecule has 5 nitrogen and oxygen atoms in total. The Kier molecular flexibility index (Phi) is 7.15. The summed E-state index contributed by atoms with van der Waals surface area (Å²) in [7, 11) is 0. The number of benzene rings is 3. The fraction of sp³-hybridized carbons (Fsp3) is 0.192. The van der Waals surface area contributed by atoms with Crippen LogP contribution in [0.5, 0.6) is 0 Å². The molecular formula is C26H22ClFN2O3. The number of halogens is 2. The Morgan fingerprint density at radius 1 is 0.939 bits per heavy atom. The van der Waals surface area contributed by atoms with Crippen molar-refractivity contribution in [2.24, 2.45) is 10.9 Å². The average Bonchev–Trinajstić information content (AvgIpc) is 2.83. The Morgan fingerprint density at radius 3 is 2.33 bits per heavy atom. The first-order valence-electron chi connectivity index (χ1n) is 10.6. The lowest BCUT2D eigenvalue weighted by Gasteiger charge is -2.31. The zero-order valence-corrected chi connectivity index (χ0v) is 18.5. The minimum absolute atomic E-state index is 0.114. The highest BCUT2D eigenvalue weighted by Crippen LogP contribution is 2.31. The van der Waals surface area contributed by atoms with Crippen molar-refractivity contribution in [2.45, 2.75) is 25.5 Å². The van der Waals surface area contributed by atoms with Gasteiger partial charge in [0.25, 0.3) is 0 Å². The van der Waals surface area contributed by atoms with E-state index >= 15 is 0 Å². The Labute approximate surface area is 196 Å². The summed E-state index contributed by atoms with van der Waals surface area (Å²) in [5, 5.41) is 3.35. The van der Waals surface area contributed by atoms with Crippen LogP contribution < -0.4 is 5.32 Å². The predicted octanol–water partition coefficient (Wildman–Crippen LogP) is 5.68. The van der Waals surface area contributed by atoms with Crippen molar-refractivity contribution in [3.8, 4) is 0 Å². The number of esters is 1. The smallest absolute Gasteiger partial charge is 0.341 e. The number of rotatable bonds is 7. The molecule has 168 valence electrons. The molecule has 3 aromatic carbocycles. The molecule has 0 fully saturated rings. The van der Waals surface area contributed by atoms with Crippen molar-refractivity contribution < 1.29 is 18.7 Å². The maximum Gasteiger partial charge on any atom is 0.341 e. The summed E-state index contributed by atoms with van der Waals surface area (Å²) < 4.78 is 18.9. The summed E-state index contributed by atoms with van der Waals surface area (Å²) in [4.78, 5) is 29.8. The second kappa shape index (κ2) is 10.4. The Balaban J connectivity index is 1.59. The van der Waals surface area contributed by atoms with E-state index in [0.717, 1.165) is 16.7 Å². The SMILES string of the molecule is O=C1N=C(CCc2ccc(F)cc2)C(C(=O)OCc2ccccc2)C(c2ccc(Cl)cc2)N1. The van der Waals surface area contributed by atoms with Gasteiger partial charge in [-0.2, -0.15) is 0 Å². The summed E-state index contributed by atoms with van der Waals surface area (Å²) in [6.07, 6.45) is 0.858. The Morgan fingerprint density at radius 2 is 1.64 bits per heavy atom. The van der Waals surface area contributed by atoms with Gasteiger partial charge in [0.1, 0.15) is 18.3 Å². The first-order chi connectivity index (χ1) is 16.0. The van der Waals surface area contributed by atoms with Crippen LogP contribution in [0.2, 0.25) is 5.02 Å². The fourth-order valence-electron chi connectivity index (χ4n) is 3.81. The zero-order valence-electron chi connectivity index (χ0n) is 17.7. The van der Waals surface area contributed by atoms with Crippen molar-refractivity contribution >= 4 is 29.3 Å². The summed E-state index contributed by atoms with van der Waals surface area (Å²) in [6.45, 7) is 0.114. The second-order valence-corrected chi connectivity index (χ2v) is 8.22. The molecule has 1 aliphatic heterocycles. The molecule has 0 spiro atoms. The van der Waals surface area contributed by atoms with Gasteiger partial charge in [0.05, 0.1) is 6.04 Å². The number of carbonyl (C=O) groups is 2. The van der Waals surface area contributed by atoms with Gasteiger partial charge in [-0.15, -0.1) is 0 Å². The second-order valence-electron chi connectivity index (χ2n) is 7.78. The van der Waals surface area contributed by atoms with Crippen LogP contribution in [0.3, 0.4) is 0 Å². The van der Waals surface area contributed by atoms with Crippen LogP contribution >= 0.6 is 11.6 Å². The molecule has 1 aliphatic rings. The lowest BCUT2D eigenvalue weighted by molar-refractivity contribution is -0.148. The van der Waals surface area contributed by atoms with Crippen molar-refractivity contribution in [3.63, 3.8) is 0 Å². The third-order valence-corrected chi connectivity index (χ3v) is 5.76. The van der Waals surface area contributed by atoms with Gasteiger partial charge in [0, 0.05) is 10.7 Å². The molecule has 2 amide bonds. The molecule has 0 aliphatic carbocycles. The molecule has 0 saturated carbocycles. The number of carbonyl (C=O) groups excluding carboxylic acids is 2. The fourth-order valence-corrected chi connectivity index (χ4v) is 3.94. The minimum atomic E-state index is -0.798. The number of hydrogen-bond donors (Lipinski definition) is 1. The molecule has 0 saturated heterocycles. The lowest BCUT2D eigenvalue weighted by atomic mass is 9.85. The van der Waals surface area contributed by atoms with E-state index in [2.05, 4.69) is 10.3 Å². The van der Waals surface area contributed by atoms with E-state index in [1.54, 1.807) is 36.4 Å². The average molecular weight is 465 g/mol. The number of hydrogen-bond acceptors (Lipinski definition) is 3. The summed E-state index contributed by atoms with van der Waals surface area (Å²) in [5.74, 6) is -1.59. The number of nitrogens with one attached hydrogen (secondary N) is 1. The molecule has 3 aromatic rings.